The van der Waals surface area contributed by atoms with E-state index in [-0.39, 0.29) is 5.92 Å². The lowest BCUT2D eigenvalue weighted by molar-refractivity contribution is 0.161. The highest BCUT2D eigenvalue weighted by Crippen LogP contribution is 2.25. The summed E-state index contributed by atoms with van der Waals surface area (Å²) in [6.07, 6.45) is 0. The van der Waals surface area contributed by atoms with Crippen molar-refractivity contribution in [2.75, 3.05) is 27.3 Å². The van der Waals surface area contributed by atoms with Gasteiger partial charge in [-0.2, -0.15) is 0 Å². The average molecular weight is 379 g/mol. The molecular weight excluding hydrogens is 356 g/mol. The van der Waals surface area contributed by atoms with Crippen molar-refractivity contribution < 1.29 is 13.2 Å². The Labute approximate surface area is 135 Å². The number of ether oxygens (including phenoxy) is 1. The molecule has 120 valence electrons. The smallest absolute Gasteiger partial charge is 0.240 e. The van der Waals surface area contributed by atoms with Gasteiger partial charge in [0.25, 0.3) is 0 Å². The molecule has 1 rings (SSSR count). The maximum atomic E-state index is 12.5. The van der Waals surface area contributed by atoms with Gasteiger partial charge in [-0.05, 0) is 43.1 Å². The van der Waals surface area contributed by atoms with Crippen molar-refractivity contribution in [3.8, 4) is 0 Å². The zero-order valence-electron chi connectivity index (χ0n) is 12.9. The molecule has 0 saturated carbocycles. The maximum Gasteiger partial charge on any atom is 0.240 e. The van der Waals surface area contributed by atoms with Crippen LogP contribution in [-0.2, 0) is 21.3 Å². The van der Waals surface area contributed by atoms with Gasteiger partial charge in [0, 0.05) is 31.3 Å². The molecule has 2 N–H and O–H groups in total. The van der Waals surface area contributed by atoms with Crippen LogP contribution in [0.1, 0.15) is 18.1 Å². The summed E-state index contributed by atoms with van der Waals surface area (Å²) in [6, 6.07) is 3.64. The maximum absolute atomic E-state index is 12.5. The molecule has 5 nitrogen and oxygen atoms in total. The molecule has 21 heavy (non-hydrogen) atoms. The van der Waals surface area contributed by atoms with E-state index in [9.17, 15) is 8.42 Å². The lowest BCUT2D eigenvalue weighted by Gasteiger charge is -2.15. The Kier molecular flexibility index (Phi) is 7.29. The van der Waals surface area contributed by atoms with Gasteiger partial charge < -0.3 is 10.1 Å². The fraction of sp³-hybridized carbons (Fsp3) is 0.571. The van der Waals surface area contributed by atoms with E-state index in [0.29, 0.717) is 30.2 Å². The van der Waals surface area contributed by atoms with Crippen LogP contribution in [-0.4, -0.2) is 35.7 Å². The SMILES string of the molecule is CNCc1cc(Br)c(C)c(S(=O)(=O)NCC(C)COC)c1. The molecule has 0 heterocycles. The molecule has 1 unspecified atom stereocenters. The first-order valence-corrected chi connectivity index (χ1v) is 9.01. The van der Waals surface area contributed by atoms with Gasteiger partial charge in [0.05, 0.1) is 4.90 Å². The Morgan fingerprint density at radius 3 is 2.62 bits per heavy atom. The van der Waals surface area contributed by atoms with Crippen molar-refractivity contribution in [2.24, 2.45) is 5.92 Å². The number of methoxy groups -OCH3 is 1. The standard InChI is InChI=1S/C14H23BrN2O3S/c1-10(9-20-4)7-17-21(18,19)14-6-12(8-16-3)5-13(15)11(14)2/h5-6,10,16-17H,7-9H2,1-4H3. The molecule has 1 atom stereocenters. The van der Waals surface area contributed by atoms with Crippen LogP contribution in [0.25, 0.3) is 0 Å². The molecule has 0 aromatic heterocycles. The van der Waals surface area contributed by atoms with Crippen molar-refractivity contribution in [2.45, 2.75) is 25.3 Å². The van der Waals surface area contributed by atoms with E-state index in [2.05, 4.69) is 26.0 Å². The van der Waals surface area contributed by atoms with E-state index in [4.69, 9.17) is 4.74 Å². The zero-order chi connectivity index (χ0) is 16.0. The van der Waals surface area contributed by atoms with E-state index in [0.717, 1.165) is 10.0 Å². The Bertz CT molecular complexity index is 576. The van der Waals surface area contributed by atoms with Gasteiger partial charge in [0.2, 0.25) is 10.0 Å². The second-order valence-corrected chi connectivity index (χ2v) is 7.73. The van der Waals surface area contributed by atoms with Crippen molar-refractivity contribution in [3.05, 3.63) is 27.7 Å². The van der Waals surface area contributed by atoms with Crippen LogP contribution in [0.4, 0.5) is 0 Å². The molecule has 1 aromatic rings. The number of halogens is 1. The van der Waals surface area contributed by atoms with E-state index in [1.54, 1.807) is 20.1 Å². The third-order valence-electron chi connectivity index (χ3n) is 3.10. The second kappa shape index (κ2) is 8.24. The largest absolute Gasteiger partial charge is 0.384 e. The molecule has 7 heteroatoms. The van der Waals surface area contributed by atoms with Gasteiger partial charge in [-0.1, -0.05) is 22.9 Å². The highest BCUT2D eigenvalue weighted by atomic mass is 79.9. The molecular formula is C14H23BrN2O3S. The Balaban J connectivity index is 3.01. The fourth-order valence-electron chi connectivity index (χ4n) is 1.97. The highest BCUT2D eigenvalue weighted by Gasteiger charge is 2.20. The Morgan fingerprint density at radius 2 is 2.05 bits per heavy atom. The Hall–Kier alpha value is -0.470. The first-order chi connectivity index (χ1) is 9.81. The summed E-state index contributed by atoms with van der Waals surface area (Å²) in [5, 5.41) is 3.02. The summed E-state index contributed by atoms with van der Waals surface area (Å²) in [7, 11) is -0.100. The highest BCUT2D eigenvalue weighted by molar-refractivity contribution is 9.10. The topological polar surface area (TPSA) is 67.4 Å². The predicted molar refractivity (Wildman–Crippen MR) is 87.9 cm³/mol. The van der Waals surface area contributed by atoms with Crippen LogP contribution in [0.2, 0.25) is 0 Å². The number of hydrogen-bond acceptors (Lipinski definition) is 4. The molecule has 0 radical (unpaired) electrons. The van der Waals surface area contributed by atoms with Crippen LogP contribution in [0.3, 0.4) is 0 Å². The number of rotatable bonds is 8. The minimum absolute atomic E-state index is 0.119. The van der Waals surface area contributed by atoms with E-state index < -0.39 is 10.0 Å². The molecule has 0 aliphatic carbocycles. The average Bonchev–Trinajstić information content (AvgIpc) is 2.41. The predicted octanol–water partition coefficient (Wildman–Crippen LogP) is 2.04. The van der Waals surface area contributed by atoms with Gasteiger partial charge in [-0.15, -0.1) is 0 Å². The van der Waals surface area contributed by atoms with Crippen molar-refractivity contribution in [1.82, 2.24) is 10.0 Å². The summed E-state index contributed by atoms with van der Waals surface area (Å²) in [4.78, 5) is 0.312. The minimum atomic E-state index is -3.53. The van der Waals surface area contributed by atoms with Gasteiger partial charge in [-0.25, -0.2) is 13.1 Å². The van der Waals surface area contributed by atoms with Crippen molar-refractivity contribution in [1.29, 1.82) is 0 Å². The normalized spacial score (nSPS) is 13.4. The number of benzene rings is 1. The van der Waals surface area contributed by atoms with Crippen LogP contribution in [0.5, 0.6) is 0 Å². The van der Waals surface area contributed by atoms with Crippen LogP contribution >= 0.6 is 15.9 Å². The molecule has 0 bridgehead atoms. The molecule has 0 spiro atoms. The molecule has 0 aliphatic heterocycles. The lowest BCUT2D eigenvalue weighted by Crippen LogP contribution is -2.30. The monoisotopic (exact) mass is 378 g/mol. The number of sulfonamides is 1. The second-order valence-electron chi connectivity index (χ2n) is 5.14. The first-order valence-electron chi connectivity index (χ1n) is 6.74. The summed E-state index contributed by atoms with van der Waals surface area (Å²) in [5.74, 6) is 0.119. The van der Waals surface area contributed by atoms with Crippen LogP contribution in [0.15, 0.2) is 21.5 Å². The number of hydrogen-bond donors (Lipinski definition) is 2. The van der Waals surface area contributed by atoms with Crippen molar-refractivity contribution >= 4 is 26.0 Å². The van der Waals surface area contributed by atoms with Gasteiger partial charge in [0.15, 0.2) is 0 Å². The fourth-order valence-corrected chi connectivity index (χ4v) is 4.08. The Morgan fingerprint density at radius 1 is 1.38 bits per heavy atom. The molecule has 1 aromatic carbocycles. The first kappa shape index (κ1) is 18.6. The van der Waals surface area contributed by atoms with Crippen LogP contribution < -0.4 is 10.0 Å². The molecule has 0 aliphatic rings. The van der Waals surface area contributed by atoms with E-state index in [1.807, 2.05) is 20.0 Å². The zero-order valence-corrected chi connectivity index (χ0v) is 15.3. The summed E-state index contributed by atoms with van der Waals surface area (Å²) < 4.78 is 33.4. The van der Waals surface area contributed by atoms with Gasteiger partial charge in [-0.3, -0.25) is 0 Å². The summed E-state index contributed by atoms with van der Waals surface area (Å²) >= 11 is 3.42. The third kappa shape index (κ3) is 5.34. The molecule has 0 amide bonds. The molecule has 0 fully saturated rings. The quantitative estimate of drug-likeness (QED) is 0.726. The lowest BCUT2D eigenvalue weighted by atomic mass is 10.1. The van der Waals surface area contributed by atoms with Gasteiger partial charge >= 0.3 is 0 Å². The van der Waals surface area contributed by atoms with Crippen molar-refractivity contribution in [3.63, 3.8) is 0 Å². The number of nitrogens with one attached hydrogen (secondary N) is 2. The minimum Gasteiger partial charge on any atom is -0.384 e. The van der Waals surface area contributed by atoms with Gasteiger partial charge in [0.1, 0.15) is 0 Å². The summed E-state index contributed by atoms with van der Waals surface area (Å²) in [5.41, 5.74) is 1.63. The van der Waals surface area contributed by atoms with E-state index in [1.165, 1.54) is 0 Å². The molecule has 0 saturated heterocycles. The third-order valence-corrected chi connectivity index (χ3v) is 5.47. The van der Waals surface area contributed by atoms with E-state index >= 15 is 0 Å². The summed E-state index contributed by atoms with van der Waals surface area (Å²) in [6.45, 7) is 5.21. The van der Waals surface area contributed by atoms with Crippen LogP contribution in [0, 0.1) is 12.8 Å².